The Hall–Kier alpha value is -1.77. The first-order valence-electron chi connectivity index (χ1n) is 9.47. The molecule has 1 fully saturated rings. The molecule has 3 heteroatoms. The van der Waals surface area contributed by atoms with Crippen LogP contribution in [0.2, 0.25) is 0 Å². The fourth-order valence-electron chi connectivity index (χ4n) is 3.62. The van der Waals surface area contributed by atoms with Gasteiger partial charge in [0.25, 0.3) is 0 Å². The Labute approximate surface area is 145 Å². The van der Waals surface area contributed by atoms with E-state index in [1.807, 2.05) is 12.1 Å². The molecule has 1 atom stereocenters. The zero-order chi connectivity index (χ0) is 16.6. The van der Waals surface area contributed by atoms with Gasteiger partial charge in [-0.05, 0) is 75.0 Å². The Morgan fingerprint density at radius 2 is 2.04 bits per heavy atom. The van der Waals surface area contributed by atoms with Crippen molar-refractivity contribution in [3.8, 4) is 5.75 Å². The summed E-state index contributed by atoms with van der Waals surface area (Å²) in [6, 6.07) is 8.24. The van der Waals surface area contributed by atoms with Crippen LogP contribution in [0, 0.1) is 5.92 Å². The summed E-state index contributed by atoms with van der Waals surface area (Å²) >= 11 is 0. The molecule has 1 aromatic carbocycles. The summed E-state index contributed by atoms with van der Waals surface area (Å²) in [5, 5.41) is 3.09. The highest BCUT2D eigenvalue weighted by atomic mass is 16.5. The minimum atomic E-state index is 0.159. The molecule has 0 saturated heterocycles. The van der Waals surface area contributed by atoms with E-state index in [4.69, 9.17) is 4.74 Å². The second-order valence-electron chi connectivity index (χ2n) is 7.13. The van der Waals surface area contributed by atoms with E-state index in [-0.39, 0.29) is 5.91 Å². The van der Waals surface area contributed by atoms with Gasteiger partial charge in [-0.1, -0.05) is 24.3 Å². The zero-order valence-corrected chi connectivity index (χ0v) is 14.5. The van der Waals surface area contributed by atoms with E-state index in [0.29, 0.717) is 18.4 Å². The van der Waals surface area contributed by atoms with E-state index in [1.165, 1.54) is 37.7 Å². The highest BCUT2D eigenvalue weighted by Crippen LogP contribution is 2.25. The molecule has 0 spiro atoms. The van der Waals surface area contributed by atoms with Crippen LogP contribution in [-0.4, -0.2) is 18.6 Å². The Morgan fingerprint density at radius 1 is 1.17 bits per heavy atom. The highest BCUT2D eigenvalue weighted by molar-refractivity contribution is 5.76. The molecule has 1 N–H and O–H groups in total. The third kappa shape index (κ3) is 5.40. The molecule has 1 aromatic rings. The number of nitrogens with one attached hydrogen (secondary N) is 1. The van der Waals surface area contributed by atoms with Gasteiger partial charge in [-0.25, -0.2) is 0 Å². The Bertz CT molecular complexity index is 561. The van der Waals surface area contributed by atoms with Crippen molar-refractivity contribution >= 4 is 5.91 Å². The standard InChI is InChI=1S/C21H29NO2/c23-21(22-16-18-7-2-1-3-8-18)14-13-17-9-6-12-20(15-17)24-19-10-4-5-11-19/h1-2,6,9,12,15,18-19H,3-5,7-8,10-11,13-14,16H2,(H,22,23). The minimum Gasteiger partial charge on any atom is -0.490 e. The number of aryl methyl sites for hydroxylation is 1. The molecule has 3 rings (SSSR count). The van der Waals surface area contributed by atoms with Gasteiger partial charge in [-0.15, -0.1) is 0 Å². The third-order valence-corrected chi connectivity index (χ3v) is 5.11. The summed E-state index contributed by atoms with van der Waals surface area (Å²) in [6.07, 6.45) is 14.5. The van der Waals surface area contributed by atoms with Crippen LogP contribution in [0.1, 0.15) is 56.9 Å². The minimum absolute atomic E-state index is 0.159. The molecule has 1 saturated carbocycles. The van der Waals surface area contributed by atoms with E-state index >= 15 is 0 Å². The monoisotopic (exact) mass is 327 g/mol. The first kappa shape index (κ1) is 17.1. The van der Waals surface area contributed by atoms with Crippen molar-refractivity contribution < 1.29 is 9.53 Å². The quantitative estimate of drug-likeness (QED) is 0.753. The van der Waals surface area contributed by atoms with Gasteiger partial charge in [-0.3, -0.25) is 4.79 Å². The molecule has 130 valence electrons. The number of hydrogen-bond donors (Lipinski definition) is 1. The number of ether oxygens (including phenoxy) is 1. The molecule has 0 aliphatic heterocycles. The van der Waals surface area contributed by atoms with Crippen LogP contribution in [-0.2, 0) is 11.2 Å². The summed E-state index contributed by atoms with van der Waals surface area (Å²) in [6.45, 7) is 0.813. The number of carbonyl (C=O) groups excluding carboxylic acids is 1. The van der Waals surface area contributed by atoms with Gasteiger partial charge in [0.1, 0.15) is 5.75 Å². The molecule has 0 bridgehead atoms. The Balaban J connectivity index is 1.40. The number of hydrogen-bond acceptors (Lipinski definition) is 2. The first-order chi connectivity index (χ1) is 11.8. The van der Waals surface area contributed by atoms with Crippen LogP contribution in [0.25, 0.3) is 0 Å². The summed E-state index contributed by atoms with van der Waals surface area (Å²) in [5.41, 5.74) is 1.18. The molecule has 0 aromatic heterocycles. The third-order valence-electron chi connectivity index (χ3n) is 5.11. The molecular formula is C21H29NO2. The maximum atomic E-state index is 12.1. The van der Waals surface area contributed by atoms with Crippen molar-refractivity contribution in [2.45, 2.75) is 63.9 Å². The number of amides is 1. The molecule has 2 aliphatic rings. The fraction of sp³-hybridized carbons (Fsp3) is 0.571. The average Bonchev–Trinajstić information content (AvgIpc) is 3.12. The van der Waals surface area contributed by atoms with Gasteiger partial charge in [0.05, 0.1) is 6.10 Å². The molecular weight excluding hydrogens is 298 g/mol. The summed E-state index contributed by atoms with van der Waals surface area (Å²) in [5.74, 6) is 1.72. The number of rotatable bonds is 7. The summed E-state index contributed by atoms with van der Waals surface area (Å²) in [4.78, 5) is 12.1. The molecule has 3 nitrogen and oxygen atoms in total. The van der Waals surface area contributed by atoms with Crippen LogP contribution in [0.15, 0.2) is 36.4 Å². The van der Waals surface area contributed by atoms with Gasteiger partial charge in [0.15, 0.2) is 0 Å². The lowest BCUT2D eigenvalue weighted by Crippen LogP contribution is -2.29. The van der Waals surface area contributed by atoms with Gasteiger partial charge in [0, 0.05) is 13.0 Å². The normalized spacial score (nSPS) is 20.9. The largest absolute Gasteiger partial charge is 0.490 e. The van der Waals surface area contributed by atoms with Crippen LogP contribution in [0.4, 0.5) is 0 Å². The topological polar surface area (TPSA) is 38.3 Å². The zero-order valence-electron chi connectivity index (χ0n) is 14.5. The van der Waals surface area contributed by atoms with Crippen molar-refractivity contribution in [3.63, 3.8) is 0 Å². The molecule has 24 heavy (non-hydrogen) atoms. The Kier molecular flexibility index (Phi) is 6.33. The second-order valence-corrected chi connectivity index (χ2v) is 7.13. The first-order valence-corrected chi connectivity index (χ1v) is 9.47. The van der Waals surface area contributed by atoms with E-state index in [0.717, 1.165) is 31.6 Å². The van der Waals surface area contributed by atoms with Gasteiger partial charge in [0.2, 0.25) is 5.91 Å². The average molecular weight is 327 g/mol. The lowest BCUT2D eigenvalue weighted by molar-refractivity contribution is -0.121. The SMILES string of the molecule is O=C(CCc1cccc(OC2CCCC2)c1)NCC1CC=CCC1. The lowest BCUT2D eigenvalue weighted by atomic mass is 9.94. The van der Waals surface area contributed by atoms with Crippen LogP contribution >= 0.6 is 0 Å². The number of benzene rings is 1. The number of allylic oxidation sites excluding steroid dienone is 2. The van der Waals surface area contributed by atoms with E-state index in [2.05, 4.69) is 29.6 Å². The van der Waals surface area contributed by atoms with Crippen molar-refractivity contribution in [2.24, 2.45) is 5.92 Å². The van der Waals surface area contributed by atoms with Crippen molar-refractivity contribution in [1.29, 1.82) is 0 Å². The van der Waals surface area contributed by atoms with Crippen molar-refractivity contribution in [1.82, 2.24) is 5.32 Å². The predicted molar refractivity (Wildman–Crippen MR) is 97.1 cm³/mol. The smallest absolute Gasteiger partial charge is 0.220 e. The molecule has 0 heterocycles. The second kappa shape index (κ2) is 8.91. The van der Waals surface area contributed by atoms with Gasteiger partial charge in [-0.2, -0.15) is 0 Å². The van der Waals surface area contributed by atoms with E-state index in [1.54, 1.807) is 0 Å². The molecule has 0 radical (unpaired) electrons. The van der Waals surface area contributed by atoms with Crippen molar-refractivity contribution in [2.75, 3.05) is 6.54 Å². The molecule has 1 unspecified atom stereocenters. The van der Waals surface area contributed by atoms with E-state index in [9.17, 15) is 4.79 Å². The molecule has 2 aliphatic carbocycles. The van der Waals surface area contributed by atoms with E-state index < -0.39 is 0 Å². The fourth-order valence-corrected chi connectivity index (χ4v) is 3.62. The maximum absolute atomic E-state index is 12.1. The summed E-state index contributed by atoms with van der Waals surface area (Å²) < 4.78 is 6.04. The Morgan fingerprint density at radius 3 is 2.83 bits per heavy atom. The maximum Gasteiger partial charge on any atom is 0.220 e. The highest BCUT2D eigenvalue weighted by Gasteiger charge is 2.16. The van der Waals surface area contributed by atoms with Gasteiger partial charge >= 0.3 is 0 Å². The van der Waals surface area contributed by atoms with Crippen LogP contribution < -0.4 is 10.1 Å². The predicted octanol–water partition coefficient (Wildman–Crippen LogP) is 4.41. The molecule has 1 amide bonds. The van der Waals surface area contributed by atoms with Crippen molar-refractivity contribution in [3.05, 3.63) is 42.0 Å². The van der Waals surface area contributed by atoms with Crippen LogP contribution in [0.3, 0.4) is 0 Å². The number of carbonyl (C=O) groups is 1. The van der Waals surface area contributed by atoms with Gasteiger partial charge < -0.3 is 10.1 Å². The van der Waals surface area contributed by atoms with Crippen LogP contribution in [0.5, 0.6) is 5.75 Å². The lowest BCUT2D eigenvalue weighted by Gasteiger charge is -2.18. The summed E-state index contributed by atoms with van der Waals surface area (Å²) in [7, 11) is 0.